The van der Waals surface area contributed by atoms with Gasteiger partial charge in [0.15, 0.2) is 0 Å². The van der Waals surface area contributed by atoms with E-state index in [0.29, 0.717) is 17.8 Å². The molecule has 0 aromatic carbocycles. The molecule has 0 saturated heterocycles. The zero-order chi connectivity index (χ0) is 14.4. The van der Waals surface area contributed by atoms with Crippen molar-refractivity contribution in [1.82, 2.24) is 15.0 Å². The van der Waals surface area contributed by atoms with Crippen LogP contribution in [0.1, 0.15) is 45.9 Å². The molecule has 2 aromatic rings. The first-order valence-corrected chi connectivity index (χ1v) is 8.24. The molecule has 2 rings (SSSR count). The third-order valence-electron chi connectivity index (χ3n) is 3.36. The van der Waals surface area contributed by atoms with Crippen molar-refractivity contribution in [2.75, 3.05) is 6.54 Å². The molecule has 20 heavy (non-hydrogen) atoms. The molecule has 4 nitrogen and oxygen atoms in total. The van der Waals surface area contributed by atoms with Crippen molar-refractivity contribution < 1.29 is 4.52 Å². The van der Waals surface area contributed by atoms with Crippen LogP contribution in [0.15, 0.2) is 21.3 Å². The minimum absolute atomic E-state index is 0.489. The van der Waals surface area contributed by atoms with Crippen molar-refractivity contribution in [2.45, 2.75) is 52.6 Å². The van der Waals surface area contributed by atoms with Gasteiger partial charge in [-0.25, -0.2) is 0 Å². The summed E-state index contributed by atoms with van der Waals surface area (Å²) < 4.78 is 5.38. The van der Waals surface area contributed by atoms with Crippen LogP contribution in [0, 0.1) is 0 Å². The van der Waals surface area contributed by atoms with Gasteiger partial charge in [0.05, 0.1) is 6.54 Å². The molecular formula is C15H23N3OS. The topological polar surface area (TPSA) is 42.2 Å². The lowest BCUT2D eigenvalue weighted by Crippen LogP contribution is -2.31. The summed E-state index contributed by atoms with van der Waals surface area (Å²) in [4.78, 5) is 6.88. The van der Waals surface area contributed by atoms with Gasteiger partial charge in [0.1, 0.15) is 0 Å². The zero-order valence-electron chi connectivity index (χ0n) is 12.5. The second kappa shape index (κ2) is 7.55. The maximum atomic E-state index is 5.38. The van der Waals surface area contributed by atoms with Crippen LogP contribution in [-0.2, 0) is 6.54 Å². The third-order valence-corrected chi connectivity index (χ3v) is 4.05. The number of thiophene rings is 1. The smallest absolute Gasteiger partial charge is 0.241 e. The van der Waals surface area contributed by atoms with Crippen LogP contribution in [-0.4, -0.2) is 27.6 Å². The fraction of sp³-hybridized carbons (Fsp3) is 0.600. The highest BCUT2D eigenvalue weighted by Gasteiger charge is 2.15. The van der Waals surface area contributed by atoms with Gasteiger partial charge in [0.2, 0.25) is 11.7 Å². The summed E-state index contributed by atoms with van der Waals surface area (Å²) in [5, 5.41) is 8.12. The molecule has 0 bridgehead atoms. The molecule has 0 unspecified atom stereocenters. The summed E-state index contributed by atoms with van der Waals surface area (Å²) in [6.45, 7) is 8.47. The lowest BCUT2D eigenvalue weighted by atomic mass is 10.2. The molecule has 0 aliphatic carbocycles. The molecule has 0 fully saturated rings. The molecule has 0 amide bonds. The van der Waals surface area contributed by atoms with E-state index in [4.69, 9.17) is 4.52 Å². The Labute approximate surface area is 124 Å². The minimum atomic E-state index is 0.489. The summed E-state index contributed by atoms with van der Waals surface area (Å²) in [5.74, 6) is 1.40. The van der Waals surface area contributed by atoms with Crippen LogP contribution >= 0.6 is 11.3 Å². The van der Waals surface area contributed by atoms with Crippen molar-refractivity contribution in [2.24, 2.45) is 0 Å². The van der Waals surface area contributed by atoms with Crippen LogP contribution in [0.5, 0.6) is 0 Å². The summed E-state index contributed by atoms with van der Waals surface area (Å²) in [5.41, 5.74) is 1.03. The Hall–Kier alpha value is -1.20. The predicted octanol–water partition coefficient (Wildman–Crippen LogP) is 4.20. The van der Waals surface area contributed by atoms with Crippen molar-refractivity contribution in [1.29, 1.82) is 0 Å². The Morgan fingerprint density at radius 2 is 2.20 bits per heavy atom. The molecule has 0 N–H and O–H groups in total. The Balaban J connectivity index is 1.96. The fourth-order valence-electron chi connectivity index (χ4n) is 2.09. The molecule has 0 saturated carbocycles. The first-order valence-electron chi connectivity index (χ1n) is 7.30. The summed E-state index contributed by atoms with van der Waals surface area (Å²) in [6, 6.07) is 2.50. The molecular weight excluding hydrogens is 270 g/mol. The van der Waals surface area contributed by atoms with Gasteiger partial charge in [-0.2, -0.15) is 16.3 Å². The predicted molar refractivity (Wildman–Crippen MR) is 82.7 cm³/mol. The number of unbranched alkanes of at least 4 members (excludes halogenated alkanes) is 2. The highest BCUT2D eigenvalue weighted by molar-refractivity contribution is 7.08. The molecule has 0 radical (unpaired) electrons. The highest BCUT2D eigenvalue weighted by Crippen LogP contribution is 2.19. The van der Waals surface area contributed by atoms with Crippen LogP contribution in [0.25, 0.3) is 11.4 Å². The van der Waals surface area contributed by atoms with Gasteiger partial charge >= 0.3 is 0 Å². The number of hydrogen-bond donors (Lipinski definition) is 0. The minimum Gasteiger partial charge on any atom is -0.338 e. The Kier molecular flexibility index (Phi) is 5.73. The van der Waals surface area contributed by atoms with E-state index >= 15 is 0 Å². The second-order valence-corrected chi connectivity index (χ2v) is 6.08. The molecule has 5 heteroatoms. The summed E-state index contributed by atoms with van der Waals surface area (Å²) in [7, 11) is 0. The lowest BCUT2D eigenvalue weighted by Gasteiger charge is -2.24. The van der Waals surface area contributed by atoms with Gasteiger partial charge in [-0.1, -0.05) is 24.9 Å². The molecule has 0 spiro atoms. The standard InChI is InChI=1S/C15H23N3OS/c1-4-5-6-8-18(12(2)3)10-14-16-15(17-19-14)13-7-9-20-11-13/h7,9,11-12H,4-6,8,10H2,1-3H3. The Morgan fingerprint density at radius 3 is 2.85 bits per heavy atom. The van der Waals surface area contributed by atoms with Gasteiger partial charge in [-0.3, -0.25) is 4.90 Å². The number of rotatable bonds is 8. The maximum absolute atomic E-state index is 5.38. The first kappa shape index (κ1) is 15.2. The van der Waals surface area contributed by atoms with Gasteiger partial charge in [0.25, 0.3) is 0 Å². The van der Waals surface area contributed by atoms with Gasteiger partial charge in [0, 0.05) is 17.0 Å². The van der Waals surface area contributed by atoms with Crippen LogP contribution in [0.2, 0.25) is 0 Å². The Morgan fingerprint density at radius 1 is 1.35 bits per heavy atom. The average Bonchev–Trinajstić information content (AvgIpc) is 3.08. The SMILES string of the molecule is CCCCCN(Cc1nc(-c2ccsc2)no1)C(C)C. The number of hydrogen-bond acceptors (Lipinski definition) is 5. The van der Waals surface area contributed by atoms with Crippen LogP contribution in [0.4, 0.5) is 0 Å². The third kappa shape index (κ3) is 4.15. The molecule has 2 heterocycles. The van der Waals surface area contributed by atoms with E-state index in [9.17, 15) is 0 Å². The number of nitrogens with zero attached hydrogens (tertiary/aromatic N) is 3. The highest BCUT2D eigenvalue weighted by atomic mass is 32.1. The monoisotopic (exact) mass is 293 g/mol. The van der Waals surface area contributed by atoms with Gasteiger partial charge in [-0.05, 0) is 38.3 Å². The molecule has 0 aliphatic rings. The molecule has 110 valence electrons. The second-order valence-electron chi connectivity index (χ2n) is 5.30. The van der Waals surface area contributed by atoms with Gasteiger partial charge < -0.3 is 4.52 Å². The van der Waals surface area contributed by atoms with Crippen molar-refractivity contribution in [3.8, 4) is 11.4 Å². The van der Waals surface area contributed by atoms with Crippen molar-refractivity contribution >= 4 is 11.3 Å². The molecule has 0 atom stereocenters. The normalized spacial score (nSPS) is 11.7. The number of aromatic nitrogens is 2. The van der Waals surface area contributed by atoms with Crippen molar-refractivity contribution in [3.63, 3.8) is 0 Å². The Bertz CT molecular complexity index is 493. The quantitative estimate of drug-likeness (QED) is 0.684. The summed E-state index contributed by atoms with van der Waals surface area (Å²) in [6.07, 6.45) is 3.74. The summed E-state index contributed by atoms with van der Waals surface area (Å²) >= 11 is 1.64. The maximum Gasteiger partial charge on any atom is 0.241 e. The van der Waals surface area contributed by atoms with E-state index in [2.05, 4.69) is 35.8 Å². The average molecular weight is 293 g/mol. The van der Waals surface area contributed by atoms with E-state index in [1.807, 2.05) is 16.8 Å². The fourth-order valence-corrected chi connectivity index (χ4v) is 2.72. The van der Waals surface area contributed by atoms with E-state index in [1.165, 1.54) is 19.3 Å². The van der Waals surface area contributed by atoms with E-state index < -0.39 is 0 Å². The first-order chi connectivity index (χ1) is 9.70. The molecule has 0 aliphatic heterocycles. The van der Waals surface area contributed by atoms with Gasteiger partial charge in [-0.15, -0.1) is 0 Å². The van der Waals surface area contributed by atoms with Crippen LogP contribution < -0.4 is 0 Å². The van der Waals surface area contributed by atoms with E-state index in [1.54, 1.807) is 11.3 Å². The van der Waals surface area contributed by atoms with E-state index in [-0.39, 0.29) is 0 Å². The lowest BCUT2D eigenvalue weighted by molar-refractivity contribution is 0.181. The van der Waals surface area contributed by atoms with Crippen LogP contribution in [0.3, 0.4) is 0 Å². The molecule has 2 aromatic heterocycles. The van der Waals surface area contributed by atoms with Crippen molar-refractivity contribution in [3.05, 3.63) is 22.7 Å². The largest absolute Gasteiger partial charge is 0.338 e. The van der Waals surface area contributed by atoms with E-state index in [0.717, 1.165) is 18.7 Å². The zero-order valence-corrected chi connectivity index (χ0v) is 13.3.